The van der Waals surface area contributed by atoms with Crippen LogP contribution >= 0.6 is 0 Å². The van der Waals surface area contributed by atoms with Gasteiger partial charge in [-0.25, -0.2) is 8.42 Å². The number of esters is 1. The molecule has 0 radical (unpaired) electrons. The number of benzene rings is 2. The lowest BCUT2D eigenvalue weighted by Crippen LogP contribution is -2.54. The highest BCUT2D eigenvalue weighted by molar-refractivity contribution is 7.92. The molecule has 4 aliphatic rings. The van der Waals surface area contributed by atoms with Crippen LogP contribution in [0.2, 0.25) is 0 Å². The fraction of sp³-hybridized carbons (Fsp3) is 0.576. The second-order valence-corrected chi connectivity index (χ2v) is 14.8. The molecular weight excluding hydrogens is 534 g/mol. The Morgan fingerprint density at radius 3 is 2.27 bits per heavy atom. The lowest BCUT2D eigenvalue weighted by molar-refractivity contribution is -0.147. The molecule has 0 amide bonds. The molecule has 0 bridgehead atoms. The van der Waals surface area contributed by atoms with Gasteiger partial charge >= 0.3 is 5.97 Å². The molecule has 2 aromatic rings. The standard InChI is InChI=1S/C33H41N3O4S/c1-40-32(37)30-8-5-9-31(30)33(23-34,25-6-3-2-4-7-25)26-16-18-35(19-17-26)20-24-21-36(22-24)27-10-12-28(13-11-27)41(38,39)29-14-15-29/h2-4,6-7,10-13,24,26,29-31H,5,8-9,14-22H2,1H3/t30-,31-,33?/m1/s1. The lowest BCUT2D eigenvalue weighted by atomic mass is 9.58. The highest BCUT2D eigenvalue weighted by Gasteiger charge is 2.54. The molecule has 2 aromatic carbocycles. The van der Waals surface area contributed by atoms with Gasteiger partial charge in [0.1, 0.15) is 0 Å². The topological polar surface area (TPSA) is 90.7 Å². The quantitative estimate of drug-likeness (QED) is 0.396. The molecule has 2 aliphatic carbocycles. The third kappa shape index (κ3) is 5.28. The van der Waals surface area contributed by atoms with Gasteiger partial charge in [0, 0.05) is 31.2 Å². The number of sulfone groups is 1. The van der Waals surface area contributed by atoms with Crippen LogP contribution in [0.3, 0.4) is 0 Å². The minimum absolute atomic E-state index is 0.0234. The number of hydrogen-bond donors (Lipinski definition) is 0. The molecule has 8 heteroatoms. The molecule has 218 valence electrons. The fourth-order valence-electron chi connectivity index (χ4n) is 7.89. The van der Waals surface area contributed by atoms with Gasteiger partial charge in [-0.05, 0) is 93.3 Å². The first-order valence-corrected chi connectivity index (χ1v) is 16.8. The van der Waals surface area contributed by atoms with Crippen LogP contribution in [0, 0.1) is 35.0 Å². The summed E-state index contributed by atoms with van der Waals surface area (Å²) in [5.41, 5.74) is 1.45. The summed E-state index contributed by atoms with van der Waals surface area (Å²) in [4.78, 5) is 18.1. The van der Waals surface area contributed by atoms with Gasteiger partial charge in [-0.1, -0.05) is 36.8 Å². The zero-order valence-electron chi connectivity index (χ0n) is 24.0. The van der Waals surface area contributed by atoms with E-state index >= 15 is 0 Å². The first kappa shape index (κ1) is 28.2. The molecule has 2 heterocycles. The number of likely N-dealkylation sites (tertiary alicyclic amines) is 1. The summed E-state index contributed by atoms with van der Waals surface area (Å²) >= 11 is 0. The molecule has 2 aliphatic heterocycles. The lowest BCUT2D eigenvalue weighted by Gasteiger charge is -2.48. The Balaban J connectivity index is 1.08. The highest BCUT2D eigenvalue weighted by Crippen LogP contribution is 2.52. The molecule has 7 nitrogen and oxygen atoms in total. The van der Waals surface area contributed by atoms with Gasteiger partial charge in [0.05, 0.1) is 34.7 Å². The predicted octanol–water partition coefficient (Wildman–Crippen LogP) is 4.82. The molecule has 0 spiro atoms. The average molecular weight is 576 g/mol. The molecule has 0 N–H and O–H groups in total. The van der Waals surface area contributed by atoms with E-state index in [-0.39, 0.29) is 29.0 Å². The van der Waals surface area contributed by atoms with Crippen LogP contribution in [0.1, 0.15) is 50.5 Å². The Labute approximate surface area is 244 Å². The second kappa shape index (κ2) is 11.4. The van der Waals surface area contributed by atoms with Crippen molar-refractivity contribution in [2.24, 2.45) is 23.7 Å². The molecule has 2 saturated carbocycles. The highest BCUT2D eigenvalue weighted by atomic mass is 32.2. The minimum atomic E-state index is -3.14. The summed E-state index contributed by atoms with van der Waals surface area (Å²) in [7, 11) is -1.68. The van der Waals surface area contributed by atoms with E-state index in [0.717, 1.165) is 88.9 Å². The van der Waals surface area contributed by atoms with E-state index < -0.39 is 15.3 Å². The molecule has 0 aromatic heterocycles. The normalized spacial score (nSPS) is 25.7. The summed E-state index contributed by atoms with van der Waals surface area (Å²) in [6.07, 6.45) is 6.09. The van der Waals surface area contributed by atoms with Crippen molar-refractivity contribution in [3.05, 3.63) is 60.2 Å². The number of ether oxygens (including phenoxy) is 1. The van der Waals surface area contributed by atoms with Gasteiger partial charge in [-0.3, -0.25) is 4.79 Å². The monoisotopic (exact) mass is 575 g/mol. The van der Waals surface area contributed by atoms with Gasteiger partial charge < -0.3 is 14.5 Å². The van der Waals surface area contributed by atoms with Gasteiger partial charge in [-0.2, -0.15) is 5.26 Å². The number of rotatable bonds is 9. The molecule has 41 heavy (non-hydrogen) atoms. The van der Waals surface area contributed by atoms with Crippen molar-refractivity contribution in [2.75, 3.05) is 44.7 Å². The van der Waals surface area contributed by atoms with Crippen LogP contribution in [0.25, 0.3) is 0 Å². The van der Waals surface area contributed by atoms with Crippen LogP contribution < -0.4 is 4.90 Å². The van der Waals surface area contributed by atoms with Crippen LogP contribution in [-0.2, 0) is 24.8 Å². The molecule has 4 fully saturated rings. The fourth-order valence-corrected chi connectivity index (χ4v) is 9.55. The number of nitriles is 1. The van der Waals surface area contributed by atoms with E-state index in [4.69, 9.17) is 4.74 Å². The van der Waals surface area contributed by atoms with E-state index in [9.17, 15) is 18.5 Å². The Morgan fingerprint density at radius 1 is 0.976 bits per heavy atom. The van der Waals surface area contributed by atoms with Crippen LogP contribution in [0.5, 0.6) is 0 Å². The van der Waals surface area contributed by atoms with Crippen molar-refractivity contribution in [1.29, 1.82) is 5.26 Å². The summed E-state index contributed by atoms with van der Waals surface area (Å²) in [6, 6.07) is 20.4. The largest absolute Gasteiger partial charge is 0.469 e. The number of carbonyl (C=O) groups excluding carboxylic acids is 1. The Kier molecular flexibility index (Phi) is 7.86. The van der Waals surface area contributed by atoms with E-state index in [0.29, 0.717) is 10.8 Å². The summed E-state index contributed by atoms with van der Waals surface area (Å²) in [6.45, 7) is 4.91. The van der Waals surface area contributed by atoms with E-state index in [1.165, 1.54) is 7.11 Å². The van der Waals surface area contributed by atoms with E-state index in [1.54, 1.807) is 12.1 Å². The van der Waals surface area contributed by atoms with E-state index in [1.807, 2.05) is 30.3 Å². The van der Waals surface area contributed by atoms with E-state index in [2.05, 4.69) is 28.0 Å². The summed E-state index contributed by atoms with van der Waals surface area (Å²) < 4.78 is 30.2. The van der Waals surface area contributed by atoms with Crippen molar-refractivity contribution in [3.63, 3.8) is 0 Å². The zero-order valence-corrected chi connectivity index (χ0v) is 24.8. The number of hydrogen-bond acceptors (Lipinski definition) is 7. The molecule has 6 rings (SSSR count). The minimum Gasteiger partial charge on any atom is -0.469 e. The molecule has 2 saturated heterocycles. The smallest absolute Gasteiger partial charge is 0.309 e. The number of carbonyl (C=O) groups is 1. The summed E-state index contributed by atoms with van der Waals surface area (Å²) in [5.74, 6) is 0.361. The second-order valence-electron chi connectivity index (χ2n) is 12.6. The van der Waals surface area contributed by atoms with Gasteiger partial charge in [0.2, 0.25) is 0 Å². The first-order chi connectivity index (χ1) is 19.9. The van der Waals surface area contributed by atoms with Crippen molar-refractivity contribution >= 4 is 21.5 Å². The van der Waals surface area contributed by atoms with Crippen LogP contribution in [0.4, 0.5) is 5.69 Å². The Hall–Kier alpha value is -2.89. The number of piperidine rings is 1. The average Bonchev–Trinajstić information content (AvgIpc) is 3.75. The summed E-state index contributed by atoms with van der Waals surface area (Å²) in [5, 5.41) is 10.7. The van der Waals surface area contributed by atoms with Crippen molar-refractivity contribution in [2.45, 2.75) is 60.5 Å². The Morgan fingerprint density at radius 2 is 1.66 bits per heavy atom. The number of nitrogens with zero attached hydrogens (tertiary/aromatic N) is 3. The number of anilines is 1. The van der Waals surface area contributed by atoms with Gasteiger partial charge in [0.25, 0.3) is 0 Å². The molecular formula is C33H41N3O4S. The zero-order chi connectivity index (χ0) is 28.6. The Bertz CT molecular complexity index is 1370. The van der Waals surface area contributed by atoms with Gasteiger partial charge in [-0.15, -0.1) is 0 Å². The number of methoxy groups -OCH3 is 1. The van der Waals surface area contributed by atoms with Crippen LogP contribution in [-0.4, -0.2) is 64.4 Å². The van der Waals surface area contributed by atoms with Gasteiger partial charge in [0.15, 0.2) is 9.84 Å². The third-order valence-electron chi connectivity index (χ3n) is 10.2. The SMILES string of the molecule is COC(=O)[C@@H]1CCC[C@H]1C(C#N)(c1ccccc1)C1CCN(CC2CN(c3ccc(S(=O)(=O)C4CC4)cc3)C2)CC1. The maximum Gasteiger partial charge on any atom is 0.309 e. The molecule has 1 unspecified atom stereocenters. The predicted molar refractivity (Wildman–Crippen MR) is 158 cm³/mol. The van der Waals surface area contributed by atoms with Crippen molar-refractivity contribution in [1.82, 2.24) is 4.90 Å². The van der Waals surface area contributed by atoms with Crippen molar-refractivity contribution in [3.8, 4) is 6.07 Å². The maximum atomic E-state index is 12.8. The first-order valence-electron chi connectivity index (χ1n) is 15.2. The van der Waals surface area contributed by atoms with Crippen molar-refractivity contribution < 1.29 is 17.9 Å². The third-order valence-corrected chi connectivity index (χ3v) is 12.5. The van der Waals surface area contributed by atoms with Crippen LogP contribution in [0.15, 0.2) is 59.5 Å². The maximum absolute atomic E-state index is 12.8. The molecule has 3 atom stereocenters.